The summed E-state index contributed by atoms with van der Waals surface area (Å²) in [4.78, 5) is 37.0. The molecule has 0 atom stereocenters. The standard InChI is InChI=1S/C23H23NO6/c1-4-28-19-8-6-5-7-17(19)22(26)29-16-10-9-15-11-18(21(25)24-13-14(2)3)23(27)30-20(15)12-16/h5-12,14H,4,13H2,1-3H3,(H,24,25). The SMILES string of the molecule is CCOc1ccccc1C(=O)Oc1ccc2cc(C(=O)NCC(C)C)c(=O)oc2c1. The highest BCUT2D eigenvalue weighted by Gasteiger charge is 2.17. The molecule has 1 heterocycles. The number of nitrogens with one attached hydrogen (secondary N) is 1. The predicted octanol–water partition coefficient (Wildman–Crippen LogP) is 3.80. The molecule has 0 spiro atoms. The molecule has 0 aliphatic heterocycles. The van der Waals surface area contributed by atoms with Crippen LogP contribution in [0.1, 0.15) is 41.5 Å². The number of benzene rings is 2. The van der Waals surface area contributed by atoms with Crippen molar-refractivity contribution in [3.8, 4) is 11.5 Å². The van der Waals surface area contributed by atoms with Crippen LogP contribution in [0.4, 0.5) is 0 Å². The minimum absolute atomic E-state index is 0.0708. The number of ether oxygens (including phenoxy) is 2. The van der Waals surface area contributed by atoms with Crippen LogP contribution in [0.2, 0.25) is 0 Å². The first-order chi connectivity index (χ1) is 14.4. The Morgan fingerprint density at radius 3 is 2.57 bits per heavy atom. The summed E-state index contributed by atoms with van der Waals surface area (Å²) in [7, 11) is 0. The number of hydrogen-bond donors (Lipinski definition) is 1. The third-order valence-corrected chi connectivity index (χ3v) is 4.24. The van der Waals surface area contributed by atoms with Crippen molar-refractivity contribution in [2.45, 2.75) is 20.8 Å². The van der Waals surface area contributed by atoms with Gasteiger partial charge in [0, 0.05) is 18.0 Å². The van der Waals surface area contributed by atoms with Gasteiger partial charge in [0.25, 0.3) is 5.91 Å². The van der Waals surface area contributed by atoms with Crippen molar-refractivity contribution in [3.63, 3.8) is 0 Å². The van der Waals surface area contributed by atoms with E-state index in [2.05, 4.69) is 5.32 Å². The molecule has 2 aromatic carbocycles. The Morgan fingerprint density at radius 1 is 1.07 bits per heavy atom. The van der Waals surface area contributed by atoms with Crippen LogP contribution >= 0.6 is 0 Å². The molecule has 7 nitrogen and oxygen atoms in total. The number of hydrogen-bond acceptors (Lipinski definition) is 6. The van der Waals surface area contributed by atoms with Crippen LogP contribution in [0.3, 0.4) is 0 Å². The Kier molecular flexibility index (Phi) is 6.51. The van der Waals surface area contributed by atoms with Gasteiger partial charge in [0.2, 0.25) is 0 Å². The number of rotatable bonds is 7. The number of carbonyl (C=O) groups excluding carboxylic acids is 2. The lowest BCUT2D eigenvalue weighted by Gasteiger charge is -2.10. The monoisotopic (exact) mass is 409 g/mol. The summed E-state index contributed by atoms with van der Waals surface area (Å²) in [5, 5.41) is 3.24. The molecule has 1 amide bonds. The first-order valence-corrected chi connectivity index (χ1v) is 9.69. The first-order valence-electron chi connectivity index (χ1n) is 9.69. The lowest BCUT2D eigenvalue weighted by atomic mass is 10.1. The molecule has 0 saturated heterocycles. The third-order valence-electron chi connectivity index (χ3n) is 4.24. The molecule has 7 heteroatoms. The van der Waals surface area contributed by atoms with E-state index in [-0.39, 0.29) is 28.4 Å². The van der Waals surface area contributed by atoms with Crippen molar-refractivity contribution in [2.75, 3.05) is 13.2 Å². The average Bonchev–Trinajstić information content (AvgIpc) is 2.72. The Bertz CT molecular complexity index is 1130. The Labute approximate surface area is 173 Å². The summed E-state index contributed by atoms with van der Waals surface area (Å²) in [5.74, 6) is -0.187. The Hall–Kier alpha value is -3.61. The van der Waals surface area contributed by atoms with E-state index in [1.165, 1.54) is 12.1 Å². The molecule has 30 heavy (non-hydrogen) atoms. The lowest BCUT2D eigenvalue weighted by Crippen LogP contribution is -2.31. The number of esters is 1. The summed E-state index contributed by atoms with van der Waals surface area (Å²) < 4.78 is 16.1. The van der Waals surface area contributed by atoms with E-state index in [0.29, 0.717) is 24.3 Å². The van der Waals surface area contributed by atoms with Crippen molar-refractivity contribution in [1.82, 2.24) is 5.32 Å². The van der Waals surface area contributed by atoms with Crippen LogP contribution in [0.15, 0.2) is 57.7 Å². The highest BCUT2D eigenvalue weighted by atomic mass is 16.5. The molecule has 0 unspecified atom stereocenters. The number of carbonyl (C=O) groups is 2. The zero-order chi connectivity index (χ0) is 21.7. The highest BCUT2D eigenvalue weighted by molar-refractivity contribution is 5.97. The molecule has 0 radical (unpaired) electrons. The molecule has 0 fully saturated rings. The van der Waals surface area contributed by atoms with Crippen molar-refractivity contribution < 1.29 is 23.5 Å². The summed E-state index contributed by atoms with van der Waals surface area (Å²) in [6.45, 7) is 6.61. The predicted molar refractivity (Wildman–Crippen MR) is 112 cm³/mol. The summed E-state index contributed by atoms with van der Waals surface area (Å²) >= 11 is 0. The topological polar surface area (TPSA) is 94.8 Å². The van der Waals surface area contributed by atoms with E-state index < -0.39 is 17.5 Å². The molecule has 0 aliphatic carbocycles. The summed E-state index contributed by atoms with van der Waals surface area (Å²) in [5.41, 5.74) is -0.325. The largest absolute Gasteiger partial charge is 0.493 e. The van der Waals surface area contributed by atoms with Gasteiger partial charge in [-0.1, -0.05) is 26.0 Å². The maximum Gasteiger partial charge on any atom is 0.349 e. The van der Waals surface area contributed by atoms with E-state index in [1.54, 1.807) is 36.4 Å². The third kappa shape index (κ3) is 4.86. The minimum Gasteiger partial charge on any atom is -0.493 e. The number of amides is 1. The molecule has 1 aromatic heterocycles. The maximum atomic E-state index is 12.5. The van der Waals surface area contributed by atoms with Gasteiger partial charge in [0.05, 0.1) is 6.61 Å². The van der Waals surface area contributed by atoms with Gasteiger partial charge in [-0.2, -0.15) is 0 Å². The quantitative estimate of drug-likeness (QED) is 0.362. The van der Waals surface area contributed by atoms with Gasteiger partial charge in [-0.15, -0.1) is 0 Å². The zero-order valence-corrected chi connectivity index (χ0v) is 17.1. The van der Waals surface area contributed by atoms with Crippen LogP contribution in [0.5, 0.6) is 11.5 Å². The van der Waals surface area contributed by atoms with E-state index in [9.17, 15) is 14.4 Å². The van der Waals surface area contributed by atoms with Gasteiger partial charge < -0.3 is 19.2 Å². The maximum absolute atomic E-state index is 12.5. The van der Waals surface area contributed by atoms with Crippen molar-refractivity contribution in [1.29, 1.82) is 0 Å². The average molecular weight is 409 g/mol. The molecule has 3 aromatic rings. The minimum atomic E-state index is -0.756. The summed E-state index contributed by atoms with van der Waals surface area (Å²) in [6.07, 6.45) is 0. The van der Waals surface area contributed by atoms with E-state index in [1.807, 2.05) is 20.8 Å². The van der Waals surface area contributed by atoms with Gasteiger partial charge in [-0.3, -0.25) is 4.79 Å². The van der Waals surface area contributed by atoms with Crippen molar-refractivity contribution in [2.24, 2.45) is 5.92 Å². The Morgan fingerprint density at radius 2 is 1.83 bits per heavy atom. The van der Waals surface area contributed by atoms with Gasteiger partial charge in [-0.05, 0) is 43.2 Å². The lowest BCUT2D eigenvalue weighted by molar-refractivity contribution is 0.0730. The van der Waals surface area contributed by atoms with E-state index in [4.69, 9.17) is 13.9 Å². The van der Waals surface area contributed by atoms with Crippen LogP contribution in [-0.2, 0) is 0 Å². The molecule has 1 N–H and O–H groups in total. The van der Waals surface area contributed by atoms with E-state index in [0.717, 1.165) is 0 Å². The number of para-hydroxylation sites is 1. The second kappa shape index (κ2) is 9.26. The smallest absolute Gasteiger partial charge is 0.349 e. The fraction of sp³-hybridized carbons (Fsp3) is 0.261. The van der Waals surface area contributed by atoms with Crippen LogP contribution in [0, 0.1) is 5.92 Å². The molecule has 0 bridgehead atoms. The van der Waals surface area contributed by atoms with Gasteiger partial charge >= 0.3 is 11.6 Å². The highest BCUT2D eigenvalue weighted by Crippen LogP contribution is 2.24. The van der Waals surface area contributed by atoms with Crippen LogP contribution < -0.4 is 20.4 Å². The second-order valence-corrected chi connectivity index (χ2v) is 7.07. The fourth-order valence-electron chi connectivity index (χ4n) is 2.78. The first kappa shape index (κ1) is 21.1. The zero-order valence-electron chi connectivity index (χ0n) is 17.1. The normalized spacial score (nSPS) is 10.8. The molecular weight excluding hydrogens is 386 g/mol. The van der Waals surface area contributed by atoms with Crippen LogP contribution in [0.25, 0.3) is 11.0 Å². The van der Waals surface area contributed by atoms with Crippen molar-refractivity contribution >= 4 is 22.8 Å². The molecule has 0 saturated carbocycles. The summed E-state index contributed by atoms with van der Waals surface area (Å²) in [6, 6.07) is 12.9. The fourth-order valence-corrected chi connectivity index (χ4v) is 2.78. The molecular formula is C23H23NO6. The van der Waals surface area contributed by atoms with Crippen LogP contribution in [-0.4, -0.2) is 25.0 Å². The van der Waals surface area contributed by atoms with E-state index >= 15 is 0 Å². The molecule has 0 aliphatic rings. The van der Waals surface area contributed by atoms with Gasteiger partial charge in [-0.25, -0.2) is 9.59 Å². The molecule has 3 rings (SSSR count). The number of fused-ring (bicyclic) bond motifs is 1. The molecule has 156 valence electrons. The van der Waals surface area contributed by atoms with Crippen molar-refractivity contribution in [3.05, 3.63) is 70.1 Å². The van der Waals surface area contributed by atoms with Gasteiger partial charge in [0.1, 0.15) is 28.2 Å². The second-order valence-electron chi connectivity index (χ2n) is 7.07. The Balaban J connectivity index is 1.84. The van der Waals surface area contributed by atoms with Gasteiger partial charge in [0.15, 0.2) is 0 Å².